The van der Waals surface area contributed by atoms with Gasteiger partial charge in [-0.15, -0.1) is 0 Å². The van der Waals surface area contributed by atoms with Gasteiger partial charge in [0.1, 0.15) is 6.04 Å². The van der Waals surface area contributed by atoms with Crippen molar-refractivity contribution in [1.82, 2.24) is 5.32 Å². The molecule has 0 saturated carbocycles. The molecule has 0 aromatic carbocycles. The highest BCUT2D eigenvalue weighted by Gasteiger charge is 2.25. The fourth-order valence-electron chi connectivity index (χ4n) is 2.21. The third kappa shape index (κ3) is 4.65. The van der Waals surface area contributed by atoms with E-state index in [9.17, 15) is 4.79 Å². The molecule has 2 unspecified atom stereocenters. The predicted octanol–water partition coefficient (Wildman–Crippen LogP) is 2.41. The highest BCUT2D eigenvalue weighted by atomic mass is 16.4. The number of carboxylic acids is 1. The zero-order chi connectivity index (χ0) is 11.3. The molecule has 0 aliphatic carbocycles. The standard InChI is InChI=1S/C12H23NO2/c1-9(2)5-3-6-10-7-4-8-11(13-10)12(14)15/h9-11,13H,3-8H2,1-2H3,(H,14,15). The van der Waals surface area contributed by atoms with Gasteiger partial charge in [0.05, 0.1) is 0 Å². The molecule has 1 aliphatic heterocycles. The quantitative estimate of drug-likeness (QED) is 0.737. The lowest BCUT2D eigenvalue weighted by Crippen LogP contribution is -2.46. The monoisotopic (exact) mass is 213 g/mol. The molecule has 88 valence electrons. The molecular formula is C12H23NO2. The lowest BCUT2D eigenvalue weighted by atomic mass is 9.94. The maximum absolute atomic E-state index is 10.8. The Kier molecular flexibility index (Phi) is 5.09. The van der Waals surface area contributed by atoms with Crippen molar-refractivity contribution >= 4 is 5.97 Å². The van der Waals surface area contributed by atoms with Crippen LogP contribution in [0.4, 0.5) is 0 Å². The lowest BCUT2D eigenvalue weighted by molar-refractivity contribution is -0.140. The van der Waals surface area contributed by atoms with E-state index in [4.69, 9.17) is 5.11 Å². The maximum atomic E-state index is 10.8. The van der Waals surface area contributed by atoms with E-state index in [1.54, 1.807) is 0 Å². The van der Waals surface area contributed by atoms with Gasteiger partial charge in [-0.2, -0.15) is 0 Å². The molecule has 1 rings (SSSR count). The van der Waals surface area contributed by atoms with Gasteiger partial charge in [-0.05, 0) is 31.6 Å². The first kappa shape index (κ1) is 12.5. The number of rotatable bonds is 5. The molecule has 0 bridgehead atoms. The summed E-state index contributed by atoms with van der Waals surface area (Å²) in [7, 11) is 0. The van der Waals surface area contributed by atoms with Gasteiger partial charge in [0.25, 0.3) is 0 Å². The molecule has 15 heavy (non-hydrogen) atoms. The van der Waals surface area contributed by atoms with Crippen LogP contribution < -0.4 is 5.32 Å². The highest BCUT2D eigenvalue weighted by molar-refractivity contribution is 5.73. The molecule has 3 heteroatoms. The number of carboxylic acid groups (broad SMARTS) is 1. The second kappa shape index (κ2) is 6.11. The molecular weight excluding hydrogens is 190 g/mol. The molecule has 2 N–H and O–H groups in total. The number of carbonyl (C=O) groups is 1. The Morgan fingerprint density at radius 2 is 2.20 bits per heavy atom. The van der Waals surface area contributed by atoms with Gasteiger partial charge in [0.2, 0.25) is 0 Å². The van der Waals surface area contributed by atoms with E-state index < -0.39 is 5.97 Å². The molecule has 0 spiro atoms. The minimum atomic E-state index is -0.691. The third-order valence-electron chi connectivity index (χ3n) is 3.11. The molecule has 2 atom stereocenters. The largest absolute Gasteiger partial charge is 0.480 e. The number of piperidine rings is 1. The van der Waals surface area contributed by atoms with Gasteiger partial charge in [-0.25, -0.2) is 0 Å². The van der Waals surface area contributed by atoms with Crippen molar-refractivity contribution in [3.63, 3.8) is 0 Å². The maximum Gasteiger partial charge on any atom is 0.320 e. The van der Waals surface area contributed by atoms with Crippen LogP contribution in [-0.4, -0.2) is 23.2 Å². The van der Waals surface area contributed by atoms with Crippen LogP contribution in [0.2, 0.25) is 0 Å². The zero-order valence-corrected chi connectivity index (χ0v) is 9.83. The van der Waals surface area contributed by atoms with Crippen LogP contribution in [0, 0.1) is 5.92 Å². The Morgan fingerprint density at radius 1 is 1.47 bits per heavy atom. The predicted molar refractivity (Wildman–Crippen MR) is 60.9 cm³/mol. The van der Waals surface area contributed by atoms with Gasteiger partial charge in [0, 0.05) is 6.04 Å². The van der Waals surface area contributed by atoms with Crippen LogP contribution in [0.25, 0.3) is 0 Å². The SMILES string of the molecule is CC(C)CCCC1CCCC(C(=O)O)N1. The number of hydrogen-bond acceptors (Lipinski definition) is 2. The van der Waals surface area contributed by atoms with Crippen LogP contribution in [0.1, 0.15) is 52.4 Å². The average molecular weight is 213 g/mol. The van der Waals surface area contributed by atoms with E-state index in [0.717, 1.165) is 31.6 Å². The molecule has 1 heterocycles. The van der Waals surface area contributed by atoms with Gasteiger partial charge in [-0.3, -0.25) is 4.79 Å². The summed E-state index contributed by atoms with van der Waals surface area (Å²) < 4.78 is 0. The van der Waals surface area contributed by atoms with Gasteiger partial charge >= 0.3 is 5.97 Å². The van der Waals surface area contributed by atoms with Crippen LogP contribution in [-0.2, 0) is 4.79 Å². The first-order valence-corrected chi connectivity index (χ1v) is 6.08. The van der Waals surface area contributed by atoms with Crippen molar-refractivity contribution in [2.24, 2.45) is 5.92 Å². The Morgan fingerprint density at radius 3 is 2.80 bits per heavy atom. The summed E-state index contributed by atoms with van der Waals surface area (Å²) in [4.78, 5) is 10.8. The van der Waals surface area contributed by atoms with E-state index in [1.165, 1.54) is 12.8 Å². The molecule has 1 saturated heterocycles. The molecule has 0 aromatic heterocycles. The fraction of sp³-hybridized carbons (Fsp3) is 0.917. The average Bonchev–Trinajstić information content (AvgIpc) is 2.17. The number of hydrogen-bond donors (Lipinski definition) is 2. The highest BCUT2D eigenvalue weighted by Crippen LogP contribution is 2.18. The van der Waals surface area contributed by atoms with Crippen molar-refractivity contribution in [2.75, 3.05) is 0 Å². The molecule has 1 fully saturated rings. The normalized spacial score (nSPS) is 26.9. The number of nitrogens with one attached hydrogen (secondary N) is 1. The summed E-state index contributed by atoms with van der Waals surface area (Å²) in [6.07, 6.45) is 6.56. The Bertz CT molecular complexity index is 204. The molecule has 0 radical (unpaired) electrons. The summed E-state index contributed by atoms with van der Waals surface area (Å²) >= 11 is 0. The van der Waals surface area contributed by atoms with E-state index in [1.807, 2.05) is 0 Å². The molecule has 1 aliphatic rings. The Labute approximate surface area is 92.3 Å². The van der Waals surface area contributed by atoms with Crippen LogP contribution in [0.3, 0.4) is 0 Å². The number of aliphatic carboxylic acids is 1. The molecule has 0 aromatic rings. The smallest absolute Gasteiger partial charge is 0.320 e. The van der Waals surface area contributed by atoms with Gasteiger partial charge in [-0.1, -0.05) is 26.7 Å². The summed E-state index contributed by atoms with van der Waals surface area (Å²) in [5.41, 5.74) is 0. The van der Waals surface area contributed by atoms with Crippen molar-refractivity contribution in [1.29, 1.82) is 0 Å². The van der Waals surface area contributed by atoms with Crippen LogP contribution >= 0.6 is 0 Å². The van der Waals surface area contributed by atoms with E-state index >= 15 is 0 Å². The van der Waals surface area contributed by atoms with E-state index in [2.05, 4.69) is 19.2 Å². The summed E-state index contributed by atoms with van der Waals surface area (Å²) in [6, 6.07) is 0.126. The van der Waals surface area contributed by atoms with Gasteiger partial charge in [0.15, 0.2) is 0 Å². The van der Waals surface area contributed by atoms with E-state index in [-0.39, 0.29) is 6.04 Å². The molecule has 3 nitrogen and oxygen atoms in total. The zero-order valence-electron chi connectivity index (χ0n) is 9.83. The fourth-order valence-corrected chi connectivity index (χ4v) is 2.21. The van der Waals surface area contributed by atoms with Crippen LogP contribution in [0.15, 0.2) is 0 Å². The minimum absolute atomic E-state index is 0.303. The first-order valence-electron chi connectivity index (χ1n) is 6.08. The first-order chi connectivity index (χ1) is 7.09. The van der Waals surface area contributed by atoms with Crippen molar-refractivity contribution < 1.29 is 9.90 Å². The van der Waals surface area contributed by atoms with Crippen molar-refractivity contribution in [2.45, 2.75) is 64.5 Å². The Balaban J connectivity index is 2.21. The second-order valence-corrected chi connectivity index (χ2v) is 5.01. The topological polar surface area (TPSA) is 49.3 Å². The minimum Gasteiger partial charge on any atom is -0.480 e. The lowest BCUT2D eigenvalue weighted by Gasteiger charge is -2.28. The Hall–Kier alpha value is -0.570. The van der Waals surface area contributed by atoms with Crippen LogP contribution in [0.5, 0.6) is 0 Å². The van der Waals surface area contributed by atoms with Gasteiger partial charge < -0.3 is 10.4 Å². The summed E-state index contributed by atoms with van der Waals surface area (Å²) in [6.45, 7) is 4.46. The second-order valence-electron chi connectivity index (χ2n) is 5.01. The van der Waals surface area contributed by atoms with E-state index in [0.29, 0.717) is 6.04 Å². The van der Waals surface area contributed by atoms with Crippen molar-refractivity contribution in [3.8, 4) is 0 Å². The molecule has 0 amide bonds. The van der Waals surface area contributed by atoms with Crippen molar-refractivity contribution in [3.05, 3.63) is 0 Å². The third-order valence-corrected chi connectivity index (χ3v) is 3.11. The summed E-state index contributed by atoms with van der Waals surface area (Å²) in [5.74, 6) is 0.0624. The summed E-state index contributed by atoms with van der Waals surface area (Å²) in [5, 5.41) is 12.1.